The van der Waals surface area contributed by atoms with Crippen LogP contribution >= 0.6 is 7.82 Å². The maximum atomic E-state index is 12.6. The molecule has 8 nitrogen and oxygen atoms in total. The zero-order valence-electron chi connectivity index (χ0n) is 31.9. The number of unbranched alkanes of at least 4 members (excludes halogenated alkanes) is 18. The third-order valence-corrected chi connectivity index (χ3v) is 9.22. The monoisotopic (exact) mass is 702 g/mol. The number of quaternary nitrogens is 1. The summed E-state index contributed by atoms with van der Waals surface area (Å²) in [4.78, 5) is 24.9. The molecule has 0 aromatic carbocycles. The molecule has 0 saturated carbocycles. The first-order valence-corrected chi connectivity index (χ1v) is 21.0. The lowest BCUT2D eigenvalue weighted by Crippen LogP contribution is -2.37. The highest BCUT2D eigenvalue weighted by Gasteiger charge is 2.20. The zero-order valence-corrected chi connectivity index (χ0v) is 32.8. The summed E-state index contributed by atoms with van der Waals surface area (Å²) in [6.45, 7) is 5.36. The van der Waals surface area contributed by atoms with Crippen LogP contribution in [-0.2, 0) is 27.9 Å². The molecule has 0 aromatic heterocycles. The van der Waals surface area contributed by atoms with Crippen LogP contribution in [0.15, 0.2) is 24.3 Å². The van der Waals surface area contributed by atoms with Crippen molar-refractivity contribution in [2.45, 2.75) is 168 Å². The lowest BCUT2D eigenvalue weighted by atomic mass is 10.1. The van der Waals surface area contributed by atoms with Gasteiger partial charge in [0.2, 0.25) is 0 Å². The molecule has 0 aromatic rings. The normalized spacial score (nSPS) is 14.2. The summed E-state index contributed by atoms with van der Waals surface area (Å²) in [5.41, 5.74) is 0. The van der Waals surface area contributed by atoms with Gasteiger partial charge in [-0.25, -0.2) is 0 Å². The fraction of sp³-hybridized carbons (Fsp3) is 0.872. The second kappa shape index (κ2) is 33.1. The van der Waals surface area contributed by atoms with Crippen LogP contribution in [0.1, 0.15) is 162 Å². The van der Waals surface area contributed by atoms with Crippen molar-refractivity contribution in [2.75, 3.05) is 54.1 Å². The summed E-state index contributed by atoms with van der Waals surface area (Å²) in [5.74, 6) is -0.348. The molecule has 0 N–H and O–H groups in total. The second-order valence-corrected chi connectivity index (χ2v) is 15.7. The number of nitrogens with zero attached hydrogens (tertiary/aromatic N) is 1. The summed E-state index contributed by atoms with van der Waals surface area (Å²) >= 11 is 0. The quantitative estimate of drug-likeness (QED) is 0.0211. The number of carbonyl (C=O) groups excluding carboxylic acids is 1. The van der Waals surface area contributed by atoms with Gasteiger partial charge in [-0.05, 0) is 44.9 Å². The molecule has 2 unspecified atom stereocenters. The first kappa shape index (κ1) is 47.0. The minimum atomic E-state index is -4.52. The van der Waals surface area contributed by atoms with E-state index in [0.29, 0.717) is 24.1 Å². The van der Waals surface area contributed by atoms with E-state index in [2.05, 4.69) is 38.2 Å². The van der Waals surface area contributed by atoms with E-state index in [0.717, 1.165) is 57.8 Å². The Bertz CT molecular complexity index is 828. The van der Waals surface area contributed by atoms with Crippen LogP contribution in [0.2, 0.25) is 0 Å². The summed E-state index contributed by atoms with van der Waals surface area (Å²) in [6, 6.07) is 0. The van der Waals surface area contributed by atoms with Gasteiger partial charge in [0, 0.05) is 13.0 Å². The number of hydrogen-bond acceptors (Lipinski definition) is 7. The zero-order chi connectivity index (χ0) is 35.6. The molecule has 9 heteroatoms. The largest absolute Gasteiger partial charge is 0.756 e. The van der Waals surface area contributed by atoms with E-state index >= 15 is 0 Å². The van der Waals surface area contributed by atoms with Crippen LogP contribution in [0.4, 0.5) is 0 Å². The van der Waals surface area contributed by atoms with E-state index in [1.807, 2.05) is 21.1 Å². The van der Waals surface area contributed by atoms with Crippen molar-refractivity contribution >= 4 is 13.8 Å². The van der Waals surface area contributed by atoms with Crippen molar-refractivity contribution in [3.05, 3.63) is 24.3 Å². The van der Waals surface area contributed by atoms with Gasteiger partial charge >= 0.3 is 5.97 Å². The second-order valence-electron chi connectivity index (χ2n) is 14.3. The van der Waals surface area contributed by atoms with Crippen molar-refractivity contribution in [1.29, 1.82) is 0 Å². The summed E-state index contributed by atoms with van der Waals surface area (Å²) in [6.07, 6.45) is 34.6. The molecule has 0 aliphatic heterocycles. The number of carbonyl (C=O) groups is 1. The Morgan fingerprint density at radius 2 is 1.15 bits per heavy atom. The number of esters is 1. The molecular formula is C39H76NO7P. The third-order valence-electron chi connectivity index (χ3n) is 8.26. The van der Waals surface area contributed by atoms with Gasteiger partial charge in [-0.2, -0.15) is 0 Å². The number of hydrogen-bond donors (Lipinski definition) is 0. The van der Waals surface area contributed by atoms with E-state index < -0.39 is 13.9 Å². The van der Waals surface area contributed by atoms with Gasteiger partial charge in [0.1, 0.15) is 19.3 Å². The Morgan fingerprint density at radius 1 is 0.646 bits per heavy atom. The molecular weight excluding hydrogens is 625 g/mol. The van der Waals surface area contributed by atoms with Crippen LogP contribution < -0.4 is 4.89 Å². The third kappa shape index (κ3) is 36.3. The molecule has 48 heavy (non-hydrogen) atoms. The lowest BCUT2D eigenvalue weighted by Gasteiger charge is -2.28. The van der Waals surface area contributed by atoms with E-state index in [4.69, 9.17) is 18.5 Å². The van der Waals surface area contributed by atoms with Gasteiger partial charge < -0.3 is 27.9 Å². The first-order valence-electron chi connectivity index (χ1n) is 19.6. The summed E-state index contributed by atoms with van der Waals surface area (Å²) in [5, 5.41) is 0. The predicted octanol–water partition coefficient (Wildman–Crippen LogP) is 10.2. The van der Waals surface area contributed by atoms with Crippen LogP contribution in [0.5, 0.6) is 0 Å². The van der Waals surface area contributed by atoms with E-state index in [9.17, 15) is 14.3 Å². The van der Waals surface area contributed by atoms with Gasteiger partial charge in [0.05, 0.1) is 34.4 Å². The van der Waals surface area contributed by atoms with Crippen LogP contribution in [0.25, 0.3) is 0 Å². The fourth-order valence-corrected chi connectivity index (χ4v) is 5.89. The van der Waals surface area contributed by atoms with Crippen LogP contribution in [0.3, 0.4) is 0 Å². The van der Waals surface area contributed by atoms with Crippen molar-refractivity contribution in [2.24, 2.45) is 0 Å². The van der Waals surface area contributed by atoms with E-state index in [1.54, 1.807) is 0 Å². The molecule has 2 atom stereocenters. The van der Waals surface area contributed by atoms with Gasteiger partial charge in [0.15, 0.2) is 0 Å². The highest BCUT2D eigenvalue weighted by Crippen LogP contribution is 2.38. The SMILES string of the molecule is CCCCC/C=C\C/C=C\CCCCCCCC(=O)OC(COCCCCCCCCCCCCC)COP(=O)([O-])OCC[N+](C)(C)C. The molecule has 0 radical (unpaired) electrons. The minimum absolute atomic E-state index is 0.0247. The van der Waals surface area contributed by atoms with Crippen LogP contribution in [-0.4, -0.2) is 70.7 Å². The molecule has 0 fully saturated rings. The maximum absolute atomic E-state index is 12.6. The smallest absolute Gasteiger partial charge is 0.306 e. The van der Waals surface area contributed by atoms with Gasteiger partial charge in [-0.15, -0.1) is 0 Å². The van der Waals surface area contributed by atoms with Crippen molar-refractivity contribution in [1.82, 2.24) is 0 Å². The fourth-order valence-electron chi connectivity index (χ4n) is 5.16. The highest BCUT2D eigenvalue weighted by molar-refractivity contribution is 7.45. The van der Waals surface area contributed by atoms with Crippen molar-refractivity contribution in [3.8, 4) is 0 Å². The van der Waals surface area contributed by atoms with Crippen LogP contribution in [0, 0.1) is 0 Å². The Balaban J connectivity index is 4.31. The topological polar surface area (TPSA) is 94.1 Å². The van der Waals surface area contributed by atoms with E-state index in [1.165, 1.54) is 83.5 Å². The van der Waals surface area contributed by atoms with E-state index in [-0.39, 0.29) is 25.8 Å². The first-order chi connectivity index (χ1) is 23.1. The molecule has 0 aliphatic rings. The number of phosphoric acid groups is 1. The highest BCUT2D eigenvalue weighted by atomic mass is 31.2. The lowest BCUT2D eigenvalue weighted by molar-refractivity contribution is -0.870. The van der Waals surface area contributed by atoms with Gasteiger partial charge in [-0.3, -0.25) is 9.36 Å². The molecule has 0 rings (SSSR count). The molecule has 0 spiro atoms. The number of phosphoric ester groups is 1. The maximum Gasteiger partial charge on any atom is 0.306 e. The number of allylic oxidation sites excluding steroid dienone is 4. The van der Waals surface area contributed by atoms with Gasteiger partial charge in [0.25, 0.3) is 7.82 Å². The van der Waals surface area contributed by atoms with Gasteiger partial charge in [-0.1, -0.05) is 134 Å². The standard InChI is InChI=1S/C39H76NO7P/c1-6-8-10-12-14-16-18-19-20-21-22-24-26-28-30-32-39(41)47-38(37-46-48(42,43)45-35-33-40(3,4)5)36-44-34-31-29-27-25-23-17-15-13-11-9-7-2/h14,16,19-20,38H,6-13,15,17-18,21-37H2,1-5H3/b16-14-,20-19-. The number of likely N-dealkylation sites (N-methyl/N-ethyl adjacent to an activating group) is 1. The molecule has 0 bridgehead atoms. The number of ether oxygens (including phenoxy) is 2. The molecule has 0 aliphatic carbocycles. The summed E-state index contributed by atoms with van der Waals surface area (Å²) < 4.78 is 34.4. The Hall–Kier alpha value is -1.02. The van der Waals surface area contributed by atoms with Crippen molar-refractivity contribution < 1.29 is 37.3 Å². The Labute approximate surface area is 296 Å². The Morgan fingerprint density at radius 3 is 1.73 bits per heavy atom. The predicted molar refractivity (Wildman–Crippen MR) is 199 cm³/mol. The molecule has 0 heterocycles. The van der Waals surface area contributed by atoms with Crippen molar-refractivity contribution in [3.63, 3.8) is 0 Å². The molecule has 284 valence electrons. The number of rotatable bonds is 36. The molecule has 0 saturated heterocycles. The Kier molecular flexibility index (Phi) is 32.4. The molecule has 0 amide bonds. The minimum Gasteiger partial charge on any atom is -0.756 e. The summed E-state index contributed by atoms with van der Waals surface area (Å²) in [7, 11) is 1.35. The average Bonchev–Trinajstić information content (AvgIpc) is 3.03. The average molecular weight is 702 g/mol.